The number of carbonyl (C=O) groups is 5. The molecule has 3 saturated heterocycles. The first kappa shape index (κ1) is 73.8. The fraction of sp³-hybridized carbons (Fsp3) is 0.405. The van der Waals surface area contributed by atoms with Crippen LogP contribution in [0.25, 0.3) is 33.4 Å². The first-order valence-electron chi connectivity index (χ1n) is 35.8. The van der Waals surface area contributed by atoms with E-state index in [2.05, 4.69) is 38.3 Å². The summed E-state index contributed by atoms with van der Waals surface area (Å²) in [7, 11) is 3.73. The fourth-order valence-corrected chi connectivity index (χ4v) is 13.8. The Morgan fingerprint density at radius 1 is 0.510 bits per heavy atom. The number of anilines is 3. The summed E-state index contributed by atoms with van der Waals surface area (Å²) < 4.78 is 56.5. The van der Waals surface area contributed by atoms with Gasteiger partial charge in [-0.3, -0.25) is 33.3 Å². The summed E-state index contributed by atoms with van der Waals surface area (Å²) >= 11 is 0. The molecular formula is C79H92F2N12O11. The maximum absolute atomic E-state index is 14.7. The van der Waals surface area contributed by atoms with Crippen LogP contribution in [-0.2, 0) is 62.4 Å². The molecule has 2 unspecified atom stereocenters. The topological polar surface area (TPSA) is 319 Å². The second-order valence-electron chi connectivity index (χ2n) is 27.6. The standard InChI is InChI=1S/2C28H32FN5O4.C23H28N2O3/c2*1-33-14-20(13-31-33)22-11-23(22)28(37)32-21-4-2-3-17(10-21)18-5-6-25(19(9-18)12-30)38-26-7-8-34(15-24(26)29)27(36)16-35;24-15-19-13-18(7-8-22(19)28-21-9-11-27-12-10-21)17-5-2-6-20(14-17)25-23(26)16-3-1-4-16/h2*2-6,9-10,13-14,22-24,26,35H,7-8,11-12,15-16,30H2,1H3,(H,32,37);2,5-8,13-14,16,21H,1,3-4,9-12,15,24H2,(H,25,26)/t22?,23?,24-,26+;22-,23+,24+,26-;/m10./s1. The SMILES string of the molecule is Cn1cc(C2CC2C(=O)Nc2cccc(-c3ccc(O[C@H]4CCN(C(=O)CO)C[C@H]4F)c(CN)c3)c2)cn1.Cn1cc([C@@H]2C[C@H]2C(=O)Nc2cccc(-c3ccc(O[C@H]4CCN(C(=O)CO)C[C@H]4F)c(CN)c3)c2)cn1.NCc1cc(-c2cccc(NC(=O)C3CCC3)c2)ccc1OC1CCOCC1. The Morgan fingerprint density at radius 3 is 1.24 bits per heavy atom. The quantitative estimate of drug-likeness (QED) is 0.0313. The van der Waals surface area contributed by atoms with Gasteiger partial charge in [0, 0.05) is 136 Å². The van der Waals surface area contributed by atoms with Crippen molar-refractivity contribution in [3.8, 4) is 50.6 Å². The molecule has 104 heavy (non-hydrogen) atoms. The highest BCUT2D eigenvalue weighted by molar-refractivity contribution is 5.97. The van der Waals surface area contributed by atoms with E-state index in [0.29, 0.717) is 55.3 Å². The first-order valence-corrected chi connectivity index (χ1v) is 35.8. The molecule has 0 radical (unpaired) electrons. The zero-order valence-corrected chi connectivity index (χ0v) is 58.6. The van der Waals surface area contributed by atoms with Crippen molar-refractivity contribution in [1.29, 1.82) is 0 Å². The lowest BCUT2D eigenvalue weighted by Gasteiger charge is -2.34. The predicted molar refractivity (Wildman–Crippen MR) is 390 cm³/mol. The molecule has 8 atom stereocenters. The lowest BCUT2D eigenvalue weighted by atomic mass is 9.85. The van der Waals surface area contributed by atoms with Gasteiger partial charge in [0.2, 0.25) is 29.5 Å². The van der Waals surface area contributed by atoms with Gasteiger partial charge < -0.3 is 72.1 Å². The van der Waals surface area contributed by atoms with Crippen LogP contribution in [0.5, 0.6) is 17.2 Å². The zero-order valence-electron chi connectivity index (χ0n) is 58.6. The van der Waals surface area contributed by atoms with E-state index in [1.165, 1.54) is 9.80 Å². The lowest BCUT2D eigenvalue weighted by molar-refractivity contribution is -0.138. The van der Waals surface area contributed by atoms with E-state index in [1.54, 1.807) is 21.5 Å². The summed E-state index contributed by atoms with van der Waals surface area (Å²) in [6.45, 7) is 1.50. The number of nitrogens with zero attached hydrogens (tertiary/aromatic N) is 6. The van der Waals surface area contributed by atoms with Crippen LogP contribution < -0.4 is 47.4 Å². The molecule has 14 rings (SSSR count). The molecule has 8 aromatic rings. The minimum Gasteiger partial charge on any atom is -0.490 e. The van der Waals surface area contributed by atoms with Crippen molar-refractivity contribution in [2.45, 2.75) is 120 Å². The van der Waals surface area contributed by atoms with Crippen LogP contribution in [0, 0.1) is 17.8 Å². The molecule has 25 heteroatoms. The van der Waals surface area contributed by atoms with Crippen molar-refractivity contribution >= 4 is 46.6 Å². The minimum atomic E-state index is -1.37. The number of halogens is 2. The number of aliphatic hydroxyl groups is 2. The maximum atomic E-state index is 14.7. The average molecular weight is 1420 g/mol. The number of carbonyl (C=O) groups excluding carboxylic acids is 5. The number of hydrogen-bond acceptors (Lipinski definition) is 16. The smallest absolute Gasteiger partial charge is 0.248 e. The van der Waals surface area contributed by atoms with Crippen molar-refractivity contribution in [2.24, 2.45) is 49.1 Å². The number of aliphatic hydroxyl groups excluding tert-OH is 2. The number of alkyl halides is 2. The number of hydrogen-bond donors (Lipinski definition) is 8. The predicted octanol–water partition coefficient (Wildman–Crippen LogP) is 9.30. The lowest BCUT2D eigenvalue weighted by Crippen LogP contribution is -2.50. The monoisotopic (exact) mass is 1420 g/mol. The number of amides is 5. The Bertz CT molecular complexity index is 4130. The third-order valence-corrected chi connectivity index (χ3v) is 20.2. The van der Waals surface area contributed by atoms with Gasteiger partial charge in [-0.1, -0.05) is 61.0 Å². The molecule has 23 nitrogen and oxygen atoms in total. The molecule has 6 aromatic carbocycles. The average Bonchev–Trinajstić information content (AvgIpc) is 1.62. The summed E-state index contributed by atoms with van der Waals surface area (Å²) in [5, 5.41) is 35.6. The summed E-state index contributed by atoms with van der Waals surface area (Å²) in [5.74, 6) is 1.49. The summed E-state index contributed by atoms with van der Waals surface area (Å²) in [6.07, 6.45) is 10.8. The molecule has 11 N–H and O–H groups in total. The summed E-state index contributed by atoms with van der Waals surface area (Å²) in [6, 6.07) is 40.5. The zero-order chi connectivity index (χ0) is 73.0. The fourth-order valence-electron chi connectivity index (χ4n) is 13.8. The number of aromatic nitrogens is 4. The highest BCUT2D eigenvalue weighted by Gasteiger charge is 2.46. The number of ether oxygens (including phenoxy) is 4. The first-order chi connectivity index (χ1) is 50.4. The number of nitrogens with one attached hydrogen (secondary N) is 3. The van der Waals surface area contributed by atoms with Gasteiger partial charge in [-0.25, -0.2) is 8.78 Å². The molecule has 2 aromatic heterocycles. The number of benzene rings is 6. The maximum Gasteiger partial charge on any atom is 0.248 e. The van der Waals surface area contributed by atoms with Crippen molar-refractivity contribution in [3.63, 3.8) is 0 Å². The Morgan fingerprint density at radius 2 is 0.894 bits per heavy atom. The third kappa shape index (κ3) is 18.5. The van der Waals surface area contributed by atoms with Gasteiger partial charge in [-0.2, -0.15) is 10.2 Å². The molecule has 6 aliphatic rings. The second-order valence-corrected chi connectivity index (χ2v) is 27.6. The van der Waals surface area contributed by atoms with Gasteiger partial charge in [0.25, 0.3) is 0 Å². The van der Waals surface area contributed by atoms with E-state index in [1.807, 2.05) is 142 Å². The van der Waals surface area contributed by atoms with Gasteiger partial charge in [0.05, 0.1) is 38.7 Å². The molecule has 3 aliphatic heterocycles. The Balaban J connectivity index is 0.000000149. The summed E-state index contributed by atoms with van der Waals surface area (Å²) in [5.41, 5.74) is 30.6. The van der Waals surface area contributed by atoms with Crippen LogP contribution in [0.15, 0.2) is 152 Å². The highest BCUT2D eigenvalue weighted by Crippen LogP contribution is 2.49. The largest absolute Gasteiger partial charge is 0.490 e. The third-order valence-electron chi connectivity index (χ3n) is 20.2. The van der Waals surface area contributed by atoms with Crippen molar-refractivity contribution in [2.75, 3.05) is 68.6 Å². The van der Waals surface area contributed by atoms with E-state index in [9.17, 15) is 32.8 Å². The number of aryl methyl sites for hydroxylation is 2. The molecule has 5 amide bonds. The second kappa shape index (κ2) is 34.1. The van der Waals surface area contributed by atoms with E-state index < -0.39 is 49.6 Å². The van der Waals surface area contributed by atoms with Crippen molar-refractivity contribution in [3.05, 3.63) is 180 Å². The molecule has 3 aliphatic carbocycles. The van der Waals surface area contributed by atoms with Crippen LogP contribution in [0.2, 0.25) is 0 Å². The van der Waals surface area contributed by atoms with Crippen LogP contribution in [0.3, 0.4) is 0 Å². The van der Waals surface area contributed by atoms with Crippen LogP contribution in [0.1, 0.15) is 97.4 Å². The van der Waals surface area contributed by atoms with Crippen LogP contribution in [0.4, 0.5) is 25.8 Å². The van der Waals surface area contributed by atoms with Crippen LogP contribution in [-0.4, -0.2) is 152 Å². The number of likely N-dealkylation sites (tertiary alicyclic amines) is 2. The van der Waals surface area contributed by atoms with Gasteiger partial charge in [0.15, 0.2) is 12.3 Å². The number of rotatable bonds is 22. The van der Waals surface area contributed by atoms with Gasteiger partial charge in [-0.05, 0) is 155 Å². The van der Waals surface area contributed by atoms with Crippen molar-refractivity contribution in [1.82, 2.24) is 29.4 Å². The van der Waals surface area contributed by atoms with Crippen LogP contribution >= 0.6 is 0 Å². The highest BCUT2D eigenvalue weighted by atomic mass is 19.1. The van der Waals surface area contributed by atoms with E-state index in [4.69, 9.17) is 46.4 Å². The van der Waals surface area contributed by atoms with Gasteiger partial charge in [0.1, 0.15) is 48.8 Å². The summed E-state index contributed by atoms with van der Waals surface area (Å²) in [4.78, 5) is 63.8. The molecule has 548 valence electrons. The Hall–Kier alpha value is -9.89. The molecule has 5 heterocycles. The minimum absolute atomic E-state index is 0.00471. The molecule has 0 bridgehead atoms. The molecular weight excluding hydrogens is 1330 g/mol. The van der Waals surface area contributed by atoms with E-state index in [-0.39, 0.29) is 79.6 Å². The number of piperidine rings is 2. The normalized spacial score (nSPS) is 21.4. The Kier molecular flexibility index (Phi) is 24.2. The van der Waals surface area contributed by atoms with E-state index in [0.717, 1.165) is 131 Å². The number of nitrogens with two attached hydrogens (primary N) is 3. The van der Waals surface area contributed by atoms with Crippen molar-refractivity contribution < 1.29 is 61.9 Å². The molecule has 3 saturated carbocycles. The molecule has 0 spiro atoms. The van der Waals surface area contributed by atoms with Gasteiger partial charge >= 0.3 is 0 Å². The Labute approximate surface area is 603 Å². The van der Waals surface area contributed by atoms with E-state index >= 15 is 0 Å². The van der Waals surface area contributed by atoms with Gasteiger partial charge in [-0.15, -0.1) is 0 Å². The molecule has 6 fully saturated rings.